The van der Waals surface area contributed by atoms with Gasteiger partial charge in [0.05, 0.1) is 18.2 Å². The zero-order valence-electron chi connectivity index (χ0n) is 16.9. The molecule has 154 valence electrons. The van der Waals surface area contributed by atoms with E-state index >= 15 is 0 Å². The Labute approximate surface area is 175 Å². The Morgan fingerprint density at radius 3 is 2.53 bits per heavy atom. The minimum absolute atomic E-state index is 0.0204. The Hall–Kier alpha value is -3.41. The SMILES string of the molecule is COc1ccccc1/C=C/C(=O)Nc1ccc2c(c1)C(=O)N(C1CCCCC1)C2=O. The summed E-state index contributed by atoms with van der Waals surface area (Å²) in [6.07, 6.45) is 8.03. The lowest BCUT2D eigenvalue weighted by Gasteiger charge is -2.29. The number of fused-ring (bicyclic) bond motifs is 1. The van der Waals surface area contributed by atoms with Gasteiger partial charge < -0.3 is 10.1 Å². The van der Waals surface area contributed by atoms with Gasteiger partial charge in [-0.05, 0) is 43.2 Å². The van der Waals surface area contributed by atoms with Crippen LogP contribution < -0.4 is 10.1 Å². The highest BCUT2D eigenvalue weighted by Gasteiger charge is 2.40. The van der Waals surface area contributed by atoms with Gasteiger partial charge in [0.1, 0.15) is 5.75 Å². The molecule has 1 aliphatic heterocycles. The van der Waals surface area contributed by atoms with Crippen molar-refractivity contribution in [2.45, 2.75) is 38.1 Å². The summed E-state index contributed by atoms with van der Waals surface area (Å²) in [5.74, 6) is -0.147. The van der Waals surface area contributed by atoms with Crippen molar-refractivity contribution in [3.05, 3.63) is 65.2 Å². The molecule has 6 nitrogen and oxygen atoms in total. The number of rotatable bonds is 5. The second-order valence-electron chi connectivity index (χ2n) is 7.60. The van der Waals surface area contributed by atoms with Gasteiger partial charge in [-0.1, -0.05) is 37.5 Å². The average molecular weight is 404 g/mol. The molecule has 0 spiro atoms. The van der Waals surface area contributed by atoms with Crippen LogP contribution in [-0.4, -0.2) is 35.8 Å². The molecule has 1 fully saturated rings. The molecule has 1 saturated carbocycles. The van der Waals surface area contributed by atoms with Crippen molar-refractivity contribution in [3.63, 3.8) is 0 Å². The van der Waals surface area contributed by atoms with Gasteiger partial charge in [-0.15, -0.1) is 0 Å². The third-order valence-corrected chi connectivity index (χ3v) is 5.68. The van der Waals surface area contributed by atoms with Crippen LogP contribution in [0.15, 0.2) is 48.5 Å². The highest BCUT2D eigenvalue weighted by atomic mass is 16.5. The summed E-state index contributed by atoms with van der Waals surface area (Å²) in [5.41, 5.74) is 2.04. The molecule has 4 rings (SSSR count). The van der Waals surface area contributed by atoms with Gasteiger partial charge in [0.15, 0.2) is 0 Å². The topological polar surface area (TPSA) is 75.7 Å². The largest absolute Gasteiger partial charge is 0.496 e. The Bertz CT molecular complexity index is 1020. The Balaban J connectivity index is 1.48. The zero-order valence-corrected chi connectivity index (χ0v) is 16.9. The summed E-state index contributed by atoms with van der Waals surface area (Å²) in [5, 5.41) is 2.76. The van der Waals surface area contributed by atoms with Gasteiger partial charge in [0.25, 0.3) is 11.8 Å². The molecule has 0 bridgehead atoms. The van der Waals surface area contributed by atoms with Crippen molar-refractivity contribution in [1.29, 1.82) is 0 Å². The summed E-state index contributed by atoms with van der Waals surface area (Å²) in [4.78, 5) is 39.4. The standard InChI is InChI=1S/C24H24N2O4/c1-30-21-10-6-5-7-16(21)11-14-22(27)25-17-12-13-19-20(15-17)24(29)26(23(19)28)18-8-3-2-4-9-18/h5-7,10-15,18H,2-4,8-9H2,1H3,(H,25,27)/b14-11+. The van der Waals surface area contributed by atoms with E-state index in [0.717, 1.165) is 37.7 Å². The smallest absolute Gasteiger partial charge is 0.261 e. The first-order chi connectivity index (χ1) is 14.6. The molecular weight excluding hydrogens is 380 g/mol. The van der Waals surface area contributed by atoms with E-state index in [1.165, 1.54) is 11.0 Å². The lowest BCUT2D eigenvalue weighted by molar-refractivity contribution is -0.111. The van der Waals surface area contributed by atoms with E-state index in [-0.39, 0.29) is 23.8 Å². The minimum atomic E-state index is -0.332. The number of carbonyl (C=O) groups excluding carboxylic acids is 3. The number of carbonyl (C=O) groups is 3. The van der Waals surface area contributed by atoms with Gasteiger partial charge in [-0.3, -0.25) is 19.3 Å². The molecule has 3 amide bonds. The maximum absolute atomic E-state index is 12.9. The van der Waals surface area contributed by atoms with E-state index in [2.05, 4.69) is 5.32 Å². The summed E-state index contributed by atoms with van der Waals surface area (Å²) in [6, 6.07) is 12.2. The third-order valence-electron chi connectivity index (χ3n) is 5.68. The highest BCUT2D eigenvalue weighted by molar-refractivity contribution is 6.22. The summed E-state index contributed by atoms with van der Waals surface area (Å²) < 4.78 is 5.27. The van der Waals surface area contributed by atoms with Crippen molar-refractivity contribution in [1.82, 2.24) is 4.90 Å². The first-order valence-corrected chi connectivity index (χ1v) is 10.2. The number of nitrogens with zero attached hydrogens (tertiary/aromatic N) is 1. The van der Waals surface area contributed by atoms with Crippen LogP contribution in [-0.2, 0) is 4.79 Å². The van der Waals surface area contributed by atoms with Crippen LogP contribution in [0.1, 0.15) is 58.4 Å². The van der Waals surface area contributed by atoms with E-state index in [0.29, 0.717) is 22.6 Å². The monoisotopic (exact) mass is 404 g/mol. The number of hydrogen-bond acceptors (Lipinski definition) is 4. The maximum Gasteiger partial charge on any atom is 0.261 e. The molecule has 30 heavy (non-hydrogen) atoms. The number of ether oxygens (including phenoxy) is 1. The first kappa shape index (κ1) is 19.9. The predicted molar refractivity (Wildman–Crippen MR) is 114 cm³/mol. The van der Waals surface area contributed by atoms with E-state index in [4.69, 9.17) is 4.74 Å². The second kappa shape index (κ2) is 8.53. The second-order valence-corrected chi connectivity index (χ2v) is 7.60. The molecule has 0 unspecified atom stereocenters. The van der Waals surface area contributed by atoms with Gasteiger partial charge in [0.2, 0.25) is 5.91 Å². The average Bonchev–Trinajstić information content (AvgIpc) is 3.02. The number of anilines is 1. The zero-order chi connectivity index (χ0) is 21.1. The summed E-state index contributed by atoms with van der Waals surface area (Å²) >= 11 is 0. The van der Waals surface area contributed by atoms with E-state index in [9.17, 15) is 14.4 Å². The molecule has 1 heterocycles. The van der Waals surface area contributed by atoms with Crippen LogP contribution in [0.2, 0.25) is 0 Å². The normalized spacial score (nSPS) is 16.8. The number of nitrogens with one attached hydrogen (secondary N) is 1. The van der Waals surface area contributed by atoms with E-state index in [1.54, 1.807) is 31.4 Å². The Kier molecular flexibility index (Phi) is 5.65. The maximum atomic E-state index is 12.9. The third kappa shape index (κ3) is 3.85. The summed E-state index contributed by atoms with van der Waals surface area (Å²) in [6.45, 7) is 0. The first-order valence-electron chi connectivity index (χ1n) is 10.2. The fraction of sp³-hybridized carbons (Fsp3) is 0.292. The van der Waals surface area contributed by atoms with Crippen molar-refractivity contribution in [3.8, 4) is 5.75 Å². The van der Waals surface area contributed by atoms with Gasteiger partial charge in [0, 0.05) is 23.4 Å². The molecule has 0 aromatic heterocycles. The molecule has 1 N–H and O–H groups in total. The Morgan fingerprint density at radius 1 is 1.03 bits per heavy atom. The molecule has 0 radical (unpaired) electrons. The van der Waals surface area contributed by atoms with Crippen molar-refractivity contribution in [2.75, 3.05) is 12.4 Å². The highest BCUT2D eigenvalue weighted by Crippen LogP contribution is 2.32. The number of para-hydroxylation sites is 1. The number of methoxy groups -OCH3 is 1. The van der Waals surface area contributed by atoms with Crippen LogP contribution >= 0.6 is 0 Å². The summed E-state index contributed by atoms with van der Waals surface area (Å²) in [7, 11) is 1.58. The van der Waals surface area contributed by atoms with Crippen LogP contribution in [0.4, 0.5) is 5.69 Å². The molecule has 0 saturated heterocycles. The van der Waals surface area contributed by atoms with Crippen LogP contribution in [0.5, 0.6) is 5.75 Å². The number of imide groups is 1. The molecule has 2 aromatic carbocycles. The van der Waals surface area contributed by atoms with Crippen molar-refractivity contribution >= 4 is 29.5 Å². The molecular formula is C24H24N2O4. The van der Waals surface area contributed by atoms with Crippen LogP contribution in [0, 0.1) is 0 Å². The fourth-order valence-corrected chi connectivity index (χ4v) is 4.16. The minimum Gasteiger partial charge on any atom is -0.496 e. The number of benzene rings is 2. The molecule has 0 atom stereocenters. The van der Waals surface area contributed by atoms with Crippen LogP contribution in [0.3, 0.4) is 0 Å². The Morgan fingerprint density at radius 2 is 1.77 bits per heavy atom. The molecule has 1 aliphatic carbocycles. The van der Waals surface area contributed by atoms with Gasteiger partial charge in [-0.2, -0.15) is 0 Å². The predicted octanol–water partition coefficient (Wildman–Crippen LogP) is 4.28. The number of amides is 3. The number of hydrogen-bond donors (Lipinski definition) is 1. The fourth-order valence-electron chi connectivity index (χ4n) is 4.16. The lowest BCUT2D eigenvalue weighted by Crippen LogP contribution is -2.40. The molecule has 2 aliphatic rings. The molecule has 2 aromatic rings. The lowest BCUT2D eigenvalue weighted by atomic mass is 9.94. The van der Waals surface area contributed by atoms with E-state index in [1.807, 2.05) is 24.3 Å². The van der Waals surface area contributed by atoms with Crippen LogP contribution in [0.25, 0.3) is 6.08 Å². The van der Waals surface area contributed by atoms with Crippen molar-refractivity contribution in [2.24, 2.45) is 0 Å². The van der Waals surface area contributed by atoms with Crippen molar-refractivity contribution < 1.29 is 19.1 Å². The quantitative estimate of drug-likeness (QED) is 0.596. The van der Waals surface area contributed by atoms with Gasteiger partial charge >= 0.3 is 0 Å². The van der Waals surface area contributed by atoms with Gasteiger partial charge in [-0.25, -0.2) is 0 Å². The molecule has 6 heteroatoms. The van der Waals surface area contributed by atoms with E-state index < -0.39 is 0 Å².